The quantitative estimate of drug-likeness (QED) is 0.441. The monoisotopic (exact) mass is 472 g/mol. The molecule has 4 rings (SSSR count). The number of aliphatic carboxylic acids is 1. The van der Waals surface area contributed by atoms with Gasteiger partial charge in [-0.25, -0.2) is 8.42 Å². The van der Waals surface area contributed by atoms with Crippen LogP contribution in [0, 0.1) is 10.1 Å². The first-order valence-electron chi connectivity index (χ1n) is 9.53. The summed E-state index contributed by atoms with van der Waals surface area (Å²) in [5.74, 6) is -1.28. The SMILES string of the molecule is O=C(O)[C@H]1Cc2ccc([N+](=O)[O-])cc2CN1S(=O)(=O)c1ccc(-c2ccc(Cl)cc2)cc1. The summed E-state index contributed by atoms with van der Waals surface area (Å²) >= 11 is 5.90. The number of nitrogens with zero attached hydrogens (tertiary/aromatic N) is 2. The van der Waals surface area contributed by atoms with Crippen molar-refractivity contribution in [2.24, 2.45) is 0 Å². The molecule has 0 unspecified atom stereocenters. The smallest absolute Gasteiger partial charge is 0.322 e. The highest BCUT2D eigenvalue weighted by Crippen LogP contribution is 2.32. The van der Waals surface area contributed by atoms with Crippen LogP contribution in [0.2, 0.25) is 5.02 Å². The molecule has 0 radical (unpaired) electrons. The Hall–Kier alpha value is -3.27. The topological polar surface area (TPSA) is 118 Å². The molecule has 1 atom stereocenters. The molecule has 0 aromatic heterocycles. The normalized spacial score (nSPS) is 16.3. The Kier molecular flexibility index (Phi) is 5.72. The minimum Gasteiger partial charge on any atom is -0.480 e. The van der Waals surface area contributed by atoms with Crippen LogP contribution in [0.1, 0.15) is 11.1 Å². The van der Waals surface area contributed by atoms with Gasteiger partial charge in [-0.15, -0.1) is 0 Å². The van der Waals surface area contributed by atoms with E-state index in [1.165, 1.54) is 30.3 Å². The molecular formula is C22H17ClN2O6S. The third-order valence-corrected chi connectivity index (χ3v) is 7.53. The van der Waals surface area contributed by atoms with Crippen molar-refractivity contribution in [1.29, 1.82) is 0 Å². The van der Waals surface area contributed by atoms with E-state index >= 15 is 0 Å². The third-order valence-electron chi connectivity index (χ3n) is 5.41. The number of carboxylic acid groups (broad SMARTS) is 1. The summed E-state index contributed by atoms with van der Waals surface area (Å²) in [6.07, 6.45) is -0.0786. The second-order valence-electron chi connectivity index (χ2n) is 7.35. The molecule has 1 aliphatic heterocycles. The van der Waals surface area contributed by atoms with Gasteiger partial charge in [0.25, 0.3) is 5.69 Å². The molecule has 0 saturated heterocycles. The van der Waals surface area contributed by atoms with Crippen molar-refractivity contribution in [3.63, 3.8) is 0 Å². The summed E-state index contributed by atoms with van der Waals surface area (Å²) in [4.78, 5) is 22.3. The van der Waals surface area contributed by atoms with Crippen LogP contribution in [0.5, 0.6) is 0 Å². The van der Waals surface area contributed by atoms with Crippen molar-refractivity contribution in [3.05, 3.63) is 93.0 Å². The molecule has 0 fully saturated rings. The fraction of sp³-hybridized carbons (Fsp3) is 0.136. The number of non-ortho nitro benzene ring substituents is 1. The second-order valence-corrected chi connectivity index (χ2v) is 9.68. The lowest BCUT2D eigenvalue weighted by Gasteiger charge is -2.33. The Bertz CT molecular complexity index is 1310. The van der Waals surface area contributed by atoms with E-state index < -0.39 is 27.0 Å². The summed E-state index contributed by atoms with van der Waals surface area (Å²) in [5, 5.41) is 21.4. The Morgan fingerprint density at radius 3 is 2.16 bits per heavy atom. The van der Waals surface area contributed by atoms with E-state index in [4.69, 9.17) is 11.6 Å². The summed E-state index contributed by atoms with van der Waals surface area (Å²) in [6.45, 7) is -0.269. The summed E-state index contributed by atoms with van der Waals surface area (Å²) in [6, 6.07) is 15.9. The highest BCUT2D eigenvalue weighted by molar-refractivity contribution is 7.89. The van der Waals surface area contributed by atoms with Crippen molar-refractivity contribution in [2.75, 3.05) is 0 Å². The van der Waals surface area contributed by atoms with Gasteiger partial charge < -0.3 is 5.11 Å². The van der Waals surface area contributed by atoms with Gasteiger partial charge in [-0.1, -0.05) is 41.9 Å². The van der Waals surface area contributed by atoms with Crippen LogP contribution >= 0.6 is 11.6 Å². The Labute approximate surface area is 188 Å². The fourth-order valence-electron chi connectivity index (χ4n) is 3.72. The zero-order chi connectivity index (χ0) is 23.0. The molecule has 32 heavy (non-hydrogen) atoms. The van der Waals surface area contributed by atoms with Gasteiger partial charge in [-0.2, -0.15) is 4.31 Å². The summed E-state index contributed by atoms with van der Waals surface area (Å²) in [5.41, 5.74) is 2.43. The van der Waals surface area contributed by atoms with E-state index in [2.05, 4.69) is 0 Å². The minimum absolute atomic E-state index is 0.0599. The number of nitro groups is 1. The lowest BCUT2D eigenvalue weighted by Crippen LogP contribution is -2.48. The molecule has 0 spiro atoms. The second kappa shape index (κ2) is 8.34. The van der Waals surface area contributed by atoms with Gasteiger partial charge in [-0.3, -0.25) is 14.9 Å². The van der Waals surface area contributed by atoms with Gasteiger partial charge in [0.2, 0.25) is 10.0 Å². The van der Waals surface area contributed by atoms with Crippen LogP contribution in [0.4, 0.5) is 5.69 Å². The zero-order valence-corrected chi connectivity index (χ0v) is 18.1. The van der Waals surface area contributed by atoms with Crippen molar-refractivity contribution < 1.29 is 23.2 Å². The third kappa shape index (κ3) is 4.10. The maximum Gasteiger partial charge on any atom is 0.322 e. The largest absolute Gasteiger partial charge is 0.480 e. The van der Waals surface area contributed by atoms with E-state index in [9.17, 15) is 28.4 Å². The number of rotatable bonds is 5. The number of hydrogen-bond donors (Lipinski definition) is 1. The van der Waals surface area contributed by atoms with Gasteiger partial charge in [0, 0.05) is 30.1 Å². The van der Waals surface area contributed by atoms with Gasteiger partial charge in [0.05, 0.1) is 9.82 Å². The summed E-state index contributed by atoms with van der Waals surface area (Å²) in [7, 11) is -4.18. The molecule has 0 aliphatic carbocycles. The number of carbonyl (C=O) groups is 1. The lowest BCUT2D eigenvalue weighted by atomic mass is 9.95. The van der Waals surface area contributed by atoms with Gasteiger partial charge in [-0.05, 0) is 46.5 Å². The van der Waals surface area contributed by atoms with Crippen LogP contribution in [-0.2, 0) is 27.8 Å². The highest BCUT2D eigenvalue weighted by atomic mass is 35.5. The van der Waals surface area contributed by atoms with Crippen LogP contribution in [0.15, 0.2) is 71.6 Å². The zero-order valence-electron chi connectivity index (χ0n) is 16.5. The minimum atomic E-state index is -4.18. The predicted molar refractivity (Wildman–Crippen MR) is 118 cm³/mol. The van der Waals surface area contributed by atoms with Crippen LogP contribution in [0.25, 0.3) is 11.1 Å². The molecule has 8 nitrogen and oxygen atoms in total. The maximum atomic E-state index is 13.3. The van der Waals surface area contributed by atoms with Gasteiger partial charge in [0.1, 0.15) is 6.04 Å². The average molecular weight is 473 g/mol. The van der Waals surface area contributed by atoms with E-state index in [-0.39, 0.29) is 23.5 Å². The average Bonchev–Trinajstić information content (AvgIpc) is 2.78. The molecule has 164 valence electrons. The molecular weight excluding hydrogens is 456 g/mol. The van der Waals surface area contributed by atoms with Crippen molar-refractivity contribution in [3.8, 4) is 11.1 Å². The van der Waals surface area contributed by atoms with Gasteiger partial charge in [0.15, 0.2) is 0 Å². The van der Waals surface area contributed by atoms with Crippen LogP contribution < -0.4 is 0 Å². The molecule has 0 saturated carbocycles. The van der Waals surface area contributed by atoms with Crippen LogP contribution in [-0.4, -0.2) is 34.8 Å². The number of sulfonamides is 1. The Morgan fingerprint density at radius 1 is 1.00 bits per heavy atom. The standard InChI is InChI=1S/C22H17ClN2O6S/c23-18-6-1-14(2-7-18)15-4-9-20(10-5-15)32(30,31)24-13-17-11-19(25(28)29)8-3-16(17)12-21(24)22(26)27/h1-11,21H,12-13H2,(H,26,27)/t21-/m1/s1. The summed E-state index contributed by atoms with van der Waals surface area (Å²) < 4.78 is 27.6. The van der Waals surface area contributed by atoms with E-state index in [0.29, 0.717) is 16.1 Å². The molecule has 1 N–H and O–H groups in total. The molecule has 0 bridgehead atoms. The van der Waals surface area contributed by atoms with Crippen LogP contribution in [0.3, 0.4) is 0 Å². The Morgan fingerprint density at radius 2 is 1.59 bits per heavy atom. The van der Waals surface area contributed by atoms with Crippen molar-refractivity contribution in [2.45, 2.75) is 23.9 Å². The molecule has 3 aromatic rings. The molecule has 1 aliphatic rings. The first-order chi connectivity index (χ1) is 15.2. The molecule has 1 heterocycles. The van der Waals surface area contributed by atoms with Gasteiger partial charge >= 0.3 is 5.97 Å². The Balaban J connectivity index is 1.69. The molecule has 10 heteroatoms. The first-order valence-corrected chi connectivity index (χ1v) is 11.4. The molecule has 3 aromatic carbocycles. The number of nitro benzene ring substituents is 1. The highest BCUT2D eigenvalue weighted by Gasteiger charge is 2.40. The number of fused-ring (bicyclic) bond motifs is 1. The fourth-order valence-corrected chi connectivity index (χ4v) is 5.41. The van der Waals surface area contributed by atoms with E-state index in [0.717, 1.165) is 15.4 Å². The maximum absolute atomic E-state index is 13.3. The number of carboxylic acids is 1. The number of halogens is 1. The van der Waals surface area contributed by atoms with Crippen molar-refractivity contribution >= 4 is 33.3 Å². The van der Waals surface area contributed by atoms with E-state index in [1.54, 1.807) is 36.4 Å². The van der Waals surface area contributed by atoms with E-state index in [1.807, 2.05) is 0 Å². The molecule has 0 amide bonds. The number of benzene rings is 3. The number of hydrogen-bond acceptors (Lipinski definition) is 5. The lowest BCUT2D eigenvalue weighted by molar-refractivity contribution is -0.385. The predicted octanol–water partition coefficient (Wildman–Crippen LogP) is 4.12. The first kappa shape index (κ1) is 21.9. The van der Waals surface area contributed by atoms with Crippen molar-refractivity contribution in [1.82, 2.24) is 4.31 Å².